The van der Waals surface area contributed by atoms with Crippen molar-refractivity contribution in [2.24, 2.45) is 0 Å². The van der Waals surface area contributed by atoms with Crippen LogP contribution >= 0.6 is 11.3 Å². The lowest BCUT2D eigenvalue weighted by Gasteiger charge is -2.18. The van der Waals surface area contributed by atoms with Gasteiger partial charge in [0, 0.05) is 23.0 Å². The van der Waals surface area contributed by atoms with E-state index in [-0.39, 0.29) is 11.9 Å². The summed E-state index contributed by atoms with van der Waals surface area (Å²) in [6, 6.07) is 16.1. The van der Waals surface area contributed by atoms with Gasteiger partial charge in [-0.25, -0.2) is 0 Å². The summed E-state index contributed by atoms with van der Waals surface area (Å²) in [6.45, 7) is 2.10. The van der Waals surface area contributed by atoms with Crippen molar-refractivity contribution in [2.75, 3.05) is 5.32 Å². The van der Waals surface area contributed by atoms with E-state index in [4.69, 9.17) is 0 Å². The zero-order valence-corrected chi connectivity index (χ0v) is 13.9. The molecule has 1 N–H and O–H groups in total. The van der Waals surface area contributed by atoms with E-state index in [0.717, 1.165) is 17.7 Å². The van der Waals surface area contributed by atoms with Gasteiger partial charge in [0.25, 0.3) is 0 Å². The SMILES string of the molecule is CCc1ccccc1NC(=O)CC(c1cccs1)n1cccc1. The van der Waals surface area contributed by atoms with Crippen LogP contribution in [-0.2, 0) is 11.2 Å². The molecule has 2 heterocycles. The first kappa shape index (κ1) is 15.6. The van der Waals surface area contributed by atoms with Crippen LogP contribution in [0.3, 0.4) is 0 Å². The molecule has 0 bridgehead atoms. The van der Waals surface area contributed by atoms with E-state index >= 15 is 0 Å². The van der Waals surface area contributed by atoms with E-state index in [1.165, 1.54) is 4.88 Å². The number of hydrogen-bond acceptors (Lipinski definition) is 2. The maximum Gasteiger partial charge on any atom is 0.226 e. The number of aryl methyl sites for hydroxylation is 1. The Bertz CT molecular complexity index is 713. The average molecular weight is 324 g/mol. The number of para-hydroxylation sites is 1. The van der Waals surface area contributed by atoms with E-state index < -0.39 is 0 Å². The van der Waals surface area contributed by atoms with Crippen molar-refractivity contribution in [1.29, 1.82) is 0 Å². The number of aromatic nitrogens is 1. The van der Waals surface area contributed by atoms with Crippen LogP contribution in [0.15, 0.2) is 66.3 Å². The number of anilines is 1. The largest absolute Gasteiger partial charge is 0.346 e. The van der Waals surface area contributed by atoms with Crippen molar-refractivity contribution in [3.8, 4) is 0 Å². The minimum absolute atomic E-state index is 0.0398. The first-order chi connectivity index (χ1) is 11.3. The average Bonchev–Trinajstić information content (AvgIpc) is 3.27. The summed E-state index contributed by atoms with van der Waals surface area (Å²) in [5, 5.41) is 5.12. The van der Waals surface area contributed by atoms with Crippen LogP contribution in [0, 0.1) is 0 Å². The highest BCUT2D eigenvalue weighted by atomic mass is 32.1. The summed E-state index contributed by atoms with van der Waals surface area (Å²) >= 11 is 1.68. The molecule has 0 aliphatic rings. The molecule has 0 saturated carbocycles. The Labute approximate surface area is 140 Å². The van der Waals surface area contributed by atoms with E-state index in [1.54, 1.807) is 11.3 Å². The predicted octanol–water partition coefficient (Wildman–Crippen LogP) is 4.73. The van der Waals surface area contributed by atoms with Gasteiger partial charge < -0.3 is 9.88 Å². The van der Waals surface area contributed by atoms with E-state index in [9.17, 15) is 4.79 Å². The Morgan fingerprint density at radius 2 is 1.91 bits per heavy atom. The summed E-state index contributed by atoms with van der Waals surface area (Å²) in [7, 11) is 0. The number of amides is 1. The van der Waals surface area contributed by atoms with E-state index in [2.05, 4.69) is 34.3 Å². The summed E-state index contributed by atoms with van der Waals surface area (Å²) in [5.74, 6) is 0.0398. The Morgan fingerprint density at radius 3 is 2.61 bits per heavy atom. The number of nitrogens with zero attached hydrogens (tertiary/aromatic N) is 1. The molecule has 4 heteroatoms. The lowest BCUT2D eigenvalue weighted by molar-refractivity contribution is -0.116. The standard InChI is InChI=1S/C19H20N2OS/c1-2-15-8-3-4-9-16(15)20-19(22)14-17(18-10-7-13-23-18)21-11-5-6-12-21/h3-13,17H,2,14H2,1H3,(H,20,22). The molecule has 0 aliphatic carbocycles. The fourth-order valence-electron chi connectivity index (χ4n) is 2.72. The number of hydrogen-bond donors (Lipinski definition) is 1. The second-order valence-electron chi connectivity index (χ2n) is 5.42. The van der Waals surface area contributed by atoms with Crippen molar-refractivity contribution < 1.29 is 4.79 Å². The summed E-state index contributed by atoms with van der Waals surface area (Å²) in [6.07, 6.45) is 5.35. The maximum atomic E-state index is 12.6. The van der Waals surface area contributed by atoms with Gasteiger partial charge in [-0.1, -0.05) is 31.2 Å². The third-order valence-corrected chi connectivity index (χ3v) is 4.88. The molecule has 23 heavy (non-hydrogen) atoms. The first-order valence-corrected chi connectivity index (χ1v) is 8.69. The minimum Gasteiger partial charge on any atom is -0.346 e. The van der Waals surface area contributed by atoms with Crippen LogP contribution in [0.1, 0.15) is 29.8 Å². The molecule has 1 unspecified atom stereocenters. The highest BCUT2D eigenvalue weighted by molar-refractivity contribution is 7.10. The molecule has 0 spiro atoms. The lowest BCUT2D eigenvalue weighted by atomic mass is 10.1. The summed E-state index contributed by atoms with van der Waals surface area (Å²) < 4.78 is 2.09. The molecule has 1 atom stereocenters. The van der Waals surface area contributed by atoms with Gasteiger partial charge in [-0.2, -0.15) is 0 Å². The fourth-order valence-corrected chi connectivity index (χ4v) is 3.55. The Hall–Kier alpha value is -2.33. The van der Waals surface area contributed by atoms with Gasteiger partial charge >= 0.3 is 0 Å². The predicted molar refractivity (Wildman–Crippen MR) is 96.0 cm³/mol. The van der Waals surface area contributed by atoms with Crippen LogP contribution in [0.5, 0.6) is 0 Å². The quantitative estimate of drug-likeness (QED) is 0.699. The van der Waals surface area contributed by atoms with E-state index in [1.807, 2.05) is 48.8 Å². The van der Waals surface area contributed by atoms with Crippen molar-refractivity contribution in [3.63, 3.8) is 0 Å². The van der Waals surface area contributed by atoms with Gasteiger partial charge in [-0.05, 0) is 41.6 Å². The fraction of sp³-hybridized carbons (Fsp3) is 0.211. The van der Waals surface area contributed by atoms with Gasteiger partial charge in [0.1, 0.15) is 0 Å². The lowest BCUT2D eigenvalue weighted by Crippen LogP contribution is -2.19. The second-order valence-corrected chi connectivity index (χ2v) is 6.40. The summed E-state index contributed by atoms with van der Waals surface area (Å²) in [5.41, 5.74) is 2.08. The molecule has 0 radical (unpaired) electrons. The van der Waals surface area contributed by atoms with Gasteiger partial charge in [-0.3, -0.25) is 4.79 Å². The molecule has 118 valence electrons. The number of rotatable bonds is 6. The topological polar surface area (TPSA) is 34.0 Å². The molecule has 3 aromatic rings. The molecule has 3 nitrogen and oxygen atoms in total. The van der Waals surface area contributed by atoms with Crippen LogP contribution in [0.2, 0.25) is 0 Å². The maximum absolute atomic E-state index is 12.6. The van der Waals surface area contributed by atoms with Gasteiger partial charge in [0.05, 0.1) is 12.5 Å². The van der Waals surface area contributed by atoms with Crippen molar-refractivity contribution in [3.05, 3.63) is 76.7 Å². The minimum atomic E-state index is 0.0398. The smallest absolute Gasteiger partial charge is 0.226 e. The van der Waals surface area contributed by atoms with Gasteiger partial charge in [0.2, 0.25) is 5.91 Å². The third kappa shape index (κ3) is 3.71. The van der Waals surface area contributed by atoms with Crippen molar-refractivity contribution in [1.82, 2.24) is 4.57 Å². The van der Waals surface area contributed by atoms with Gasteiger partial charge in [0.15, 0.2) is 0 Å². The van der Waals surface area contributed by atoms with Crippen LogP contribution in [0.4, 0.5) is 5.69 Å². The molecule has 1 amide bonds. The van der Waals surface area contributed by atoms with E-state index in [0.29, 0.717) is 6.42 Å². The van der Waals surface area contributed by atoms with Gasteiger partial charge in [-0.15, -0.1) is 11.3 Å². The Kier molecular flexibility index (Phi) is 4.93. The molecule has 2 aromatic heterocycles. The number of carbonyl (C=O) groups is 1. The molecule has 1 aromatic carbocycles. The third-order valence-electron chi connectivity index (χ3n) is 3.91. The van der Waals surface area contributed by atoms with Crippen molar-refractivity contribution >= 4 is 22.9 Å². The van der Waals surface area contributed by atoms with Crippen LogP contribution in [-0.4, -0.2) is 10.5 Å². The number of carbonyl (C=O) groups excluding carboxylic acids is 1. The Morgan fingerprint density at radius 1 is 1.13 bits per heavy atom. The molecule has 0 saturated heterocycles. The number of nitrogens with one attached hydrogen (secondary N) is 1. The van der Waals surface area contributed by atoms with Crippen LogP contribution < -0.4 is 5.32 Å². The number of benzene rings is 1. The zero-order valence-electron chi connectivity index (χ0n) is 13.1. The molecule has 0 fully saturated rings. The monoisotopic (exact) mass is 324 g/mol. The molecular formula is C19H20N2OS. The van der Waals surface area contributed by atoms with Crippen LogP contribution in [0.25, 0.3) is 0 Å². The second kappa shape index (κ2) is 7.29. The normalized spacial score (nSPS) is 12.0. The highest BCUT2D eigenvalue weighted by Crippen LogP contribution is 2.27. The molecular weight excluding hydrogens is 304 g/mol. The zero-order chi connectivity index (χ0) is 16.1. The molecule has 0 aliphatic heterocycles. The summed E-state index contributed by atoms with van der Waals surface area (Å²) in [4.78, 5) is 13.8. The first-order valence-electron chi connectivity index (χ1n) is 7.81. The van der Waals surface area contributed by atoms with Crippen molar-refractivity contribution in [2.45, 2.75) is 25.8 Å². The number of thiophene rings is 1. The Balaban J connectivity index is 1.77. The molecule has 3 rings (SSSR count). The highest BCUT2D eigenvalue weighted by Gasteiger charge is 2.18.